The Morgan fingerprint density at radius 3 is 2.34 bits per heavy atom. The average molecular weight is 507 g/mol. The Kier molecular flexibility index (Phi) is 4.72. The predicted molar refractivity (Wildman–Crippen MR) is 142 cm³/mol. The Morgan fingerprint density at radius 2 is 1.58 bits per heavy atom. The second kappa shape index (κ2) is 7.85. The number of imide groups is 1. The highest BCUT2D eigenvalue weighted by atomic mass is 16.5. The smallest absolute Gasteiger partial charge is 0.266 e. The van der Waals surface area contributed by atoms with Gasteiger partial charge in [-0.05, 0) is 36.2 Å². The van der Waals surface area contributed by atoms with Crippen molar-refractivity contribution in [3.63, 3.8) is 0 Å². The molecular formula is C30H26N4O4. The number of para-hydroxylation sites is 4. The highest BCUT2D eigenvalue weighted by Crippen LogP contribution is 2.56. The molecule has 0 aliphatic carbocycles. The highest BCUT2D eigenvalue weighted by molar-refractivity contribution is 6.24. The van der Waals surface area contributed by atoms with Crippen LogP contribution in [0.1, 0.15) is 25.2 Å². The summed E-state index contributed by atoms with van der Waals surface area (Å²) in [5, 5.41) is 4.21. The molecule has 4 aromatic rings. The van der Waals surface area contributed by atoms with Crippen LogP contribution in [-0.2, 0) is 15.1 Å². The molecule has 8 heteroatoms. The number of nitrogens with zero attached hydrogens (tertiary/aromatic N) is 3. The molecule has 4 atom stereocenters. The lowest BCUT2D eigenvalue weighted by Gasteiger charge is -2.32. The van der Waals surface area contributed by atoms with Crippen LogP contribution in [0.4, 0.5) is 5.69 Å². The van der Waals surface area contributed by atoms with Crippen LogP contribution in [0.5, 0.6) is 5.75 Å². The number of benzene rings is 3. The molecule has 0 bridgehead atoms. The van der Waals surface area contributed by atoms with Crippen LogP contribution in [0.25, 0.3) is 16.6 Å². The van der Waals surface area contributed by atoms with E-state index in [0.29, 0.717) is 33.9 Å². The van der Waals surface area contributed by atoms with E-state index in [0.717, 1.165) is 5.56 Å². The molecule has 8 nitrogen and oxygen atoms in total. The topological polar surface area (TPSA) is 93.5 Å². The van der Waals surface area contributed by atoms with Crippen LogP contribution in [0.2, 0.25) is 0 Å². The minimum absolute atomic E-state index is 0.0321. The van der Waals surface area contributed by atoms with E-state index in [4.69, 9.17) is 9.72 Å². The summed E-state index contributed by atoms with van der Waals surface area (Å²) >= 11 is 0. The van der Waals surface area contributed by atoms with Gasteiger partial charge in [0.2, 0.25) is 11.8 Å². The fraction of sp³-hybridized carbons (Fsp3) is 0.267. The Morgan fingerprint density at radius 1 is 0.895 bits per heavy atom. The van der Waals surface area contributed by atoms with Crippen LogP contribution in [0, 0.1) is 17.8 Å². The van der Waals surface area contributed by atoms with Gasteiger partial charge in [0.05, 0.1) is 41.2 Å². The van der Waals surface area contributed by atoms with E-state index in [1.165, 1.54) is 12.0 Å². The molecule has 3 aliphatic heterocycles. The van der Waals surface area contributed by atoms with Gasteiger partial charge in [0.25, 0.3) is 5.56 Å². The zero-order chi connectivity index (χ0) is 26.3. The Hall–Kier alpha value is -4.30. The number of amides is 2. The van der Waals surface area contributed by atoms with Gasteiger partial charge in [-0.25, -0.2) is 9.88 Å². The van der Waals surface area contributed by atoms with E-state index < -0.39 is 17.4 Å². The standard InChI is InChI=1S/C30H26N4O4/c1-16(2)25-23-24(28(37)33(27(23)36)21-14-8-9-15-22(21)38-3)30(32-25)18-11-5-7-13-20(18)34-26(35)17-10-4-6-12-19(17)31-29(30)34/h4-16,23-25,32H,1-3H3/t23-,24-,25-,30-/m1/s1. The van der Waals surface area contributed by atoms with Crippen molar-refractivity contribution in [2.24, 2.45) is 17.8 Å². The van der Waals surface area contributed by atoms with Crippen molar-refractivity contribution in [1.82, 2.24) is 14.9 Å². The van der Waals surface area contributed by atoms with E-state index >= 15 is 0 Å². The molecular weight excluding hydrogens is 480 g/mol. The molecule has 7 rings (SSSR count). The van der Waals surface area contributed by atoms with Gasteiger partial charge >= 0.3 is 0 Å². The third-order valence-electron chi connectivity index (χ3n) is 8.34. The lowest BCUT2D eigenvalue weighted by Crippen LogP contribution is -2.51. The van der Waals surface area contributed by atoms with Crippen molar-refractivity contribution >= 4 is 28.4 Å². The highest BCUT2D eigenvalue weighted by Gasteiger charge is 2.70. The number of carbonyl (C=O) groups is 2. The Labute approximate surface area is 218 Å². The monoisotopic (exact) mass is 506 g/mol. The summed E-state index contributed by atoms with van der Waals surface area (Å²) in [6, 6.07) is 21.6. The number of carbonyl (C=O) groups excluding carboxylic acids is 2. The minimum atomic E-state index is -1.15. The van der Waals surface area contributed by atoms with E-state index in [1.54, 1.807) is 34.9 Å². The first-order chi connectivity index (χ1) is 18.4. The maximum Gasteiger partial charge on any atom is 0.266 e. The van der Waals surface area contributed by atoms with Crippen molar-refractivity contribution in [2.75, 3.05) is 12.0 Å². The van der Waals surface area contributed by atoms with Crippen LogP contribution in [0.15, 0.2) is 77.6 Å². The van der Waals surface area contributed by atoms with Crippen LogP contribution in [-0.4, -0.2) is 34.5 Å². The summed E-state index contributed by atoms with van der Waals surface area (Å²) < 4.78 is 7.14. The van der Waals surface area contributed by atoms with Crippen molar-refractivity contribution in [3.05, 3.63) is 94.5 Å². The third kappa shape index (κ3) is 2.67. The third-order valence-corrected chi connectivity index (χ3v) is 8.34. The normalized spacial score (nSPS) is 25.4. The number of nitrogens with one attached hydrogen (secondary N) is 1. The first-order valence-electron chi connectivity index (χ1n) is 12.8. The second-order valence-electron chi connectivity index (χ2n) is 10.5. The number of hydrogen-bond donors (Lipinski definition) is 1. The number of rotatable bonds is 3. The first-order valence-corrected chi connectivity index (χ1v) is 12.8. The summed E-state index contributed by atoms with van der Waals surface area (Å²) in [6.07, 6.45) is 0. The number of anilines is 1. The lowest BCUT2D eigenvalue weighted by molar-refractivity contribution is -0.123. The molecule has 2 amide bonds. The largest absolute Gasteiger partial charge is 0.495 e. The molecule has 4 heterocycles. The van der Waals surface area contributed by atoms with Gasteiger partial charge in [0, 0.05) is 11.6 Å². The molecule has 0 unspecified atom stereocenters. The zero-order valence-electron chi connectivity index (χ0n) is 21.2. The maximum absolute atomic E-state index is 14.5. The number of methoxy groups -OCH3 is 1. The van der Waals surface area contributed by atoms with Crippen LogP contribution in [0.3, 0.4) is 0 Å². The number of ether oxygens (including phenoxy) is 1. The molecule has 190 valence electrons. The zero-order valence-corrected chi connectivity index (χ0v) is 21.2. The van der Waals surface area contributed by atoms with Gasteiger partial charge in [-0.3, -0.25) is 24.3 Å². The lowest BCUT2D eigenvalue weighted by atomic mass is 9.75. The Bertz CT molecular complexity index is 1730. The molecule has 3 aromatic carbocycles. The van der Waals surface area contributed by atoms with Gasteiger partial charge in [0.15, 0.2) is 0 Å². The molecule has 1 spiro atoms. The summed E-state index contributed by atoms with van der Waals surface area (Å²) in [6.45, 7) is 4.08. The van der Waals surface area contributed by atoms with Crippen molar-refractivity contribution in [2.45, 2.75) is 25.4 Å². The predicted octanol–water partition coefficient (Wildman–Crippen LogP) is 3.38. The van der Waals surface area contributed by atoms with Gasteiger partial charge in [0.1, 0.15) is 17.1 Å². The fourth-order valence-electron chi connectivity index (χ4n) is 6.78. The molecule has 1 N–H and O–H groups in total. The summed E-state index contributed by atoms with van der Waals surface area (Å²) in [4.78, 5) is 48.7. The van der Waals surface area contributed by atoms with E-state index in [9.17, 15) is 14.4 Å². The SMILES string of the molecule is COc1ccccc1N1C(=O)[C@H]2[C@@H](C(C)C)N[C@]3(c4ccccc4-n4c3nc3ccccc3c4=O)[C@H]2C1=O. The molecule has 1 aromatic heterocycles. The first kappa shape index (κ1) is 22.9. The van der Waals surface area contributed by atoms with Gasteiger partial charge in [-0.2, -0.15) is 0 Å². The number of fused-ring (bicyclic) bond motifs is 8. The van der Waals surface area contributed by atoms with Crippen LogP contribution >= 0.6 is 0 Å². The van der Waals surface area contributed by atoms with Crippen molar-refractivity contribution in [3.8, 4) is 11.4 Å². The molecule has 2 fully saturated rings. The molecule has 0 radical (unpaired) electrons. The van der Waals surface area contributed by atoms with Crippen molar-refractivity contribution < 1.29 is 14.3 Å². The van der Waals surface area contributed by atoms with Gasteiger partial charge < -0.3 is 4.74 Å². The maximum atomic E-state index is 14.5. The van der Waals surface area contributed by atoms with Gasteiger partial charge in [-0.1, -0.05) is 56.3 Å². The minimum Gasteiger partial charge on any atom is -0.495 e. The van der Waals surface area contributed by atoms with E-state index in [-0.39, 0.29) is 29.3 Å². The fourth-order valence-corrected chi connectivity index (χ4v) is 6.78. The molecule has 38 heavy (non-hydrogen) atoms. The summed E-state index contributed by atoms with van der Waals surface area (Å²) in [7, 11) is 1.52. The number of hydrogen-bond acceptors (Lipinski definition) is 6. The second-order valence-corrected chi connectivity index (χ2v) is 10.5. The quantitative estimate of drug-likeness (QED) is 0.428. The summed E-state index contributed by atoms with van der Waals surface area (Å²) in [5.74, 6) is -1.11. The molecule has 2 saturated heterocycles. The molecule has 3 aliphatic rings. The molecule has 0 saturated carbocycles. The van der Waals surface area contributed by atoms with Crippen molar-refractivity contribution in [1.29, 1.82) is 0 Å². The van der Waals surface area contributed by atoms with Crippen LogP contribution < -0.4 is 20.5 Å². The average Bonchev–Trinajstić information content (AvgIpc) is 3.52. The summed E-state index contributed by atoms with van der Waals surface area (Å²) in [5.41, 5.74) is 1.09. The number of aromatic nitrogens is 2. The van der Waals surface area contributed by atoms with E-state index in [2.05, 4.69) is 5.32 Å². The Balaban J connectivity index is 1.54. The van der Waals surface area contributed by atoms with E-state index in [1.807, 2.05) is 56.3 Å². The van der Waals surface area contributed by atoms with Gasteiger partial charge in [-0.15, -0.1) is 0 Å².